The molecular weight excluding hydrogens is 248 g/mol. The lowest BCUT2D eigenvalue weighted by Crippen LogP contribution is -2.01. The minimum atomic E-state index is 0.505. The van der Waals surface area contributed by atoms with Crippen molar-refractivity contribution < 1.29 is 4.74 Å². The molecule has 1 heterocycles. The fraction of sp³-hybridized carbons (Fsp3) is 0.353. The Kier molecular flexibility index (Phi) is 5.13. The molecule has 0 fully saturated rings. The molecule has 0 aliphatic heterocycles. The summed E-state index contributed by atoms with van der Waals surface area (Å²) in [7, 11) is 0. The lowest BCUT2D eigenvalue weighted by molar-refractivity contribution is 0.461. The Hall–Kier alpha value is -1.87. The second-order valence-corrected chi connectivity index (χ2v) is 4.95. The first-order chi connectivity index (χ1) is 9.72. The van der Waals surface area contributed by atoms with Crippen LogP contribution in [0.1, 0.15) is 36.6 Å². The standard InChI is InChI=1S/C17H22N2O/c1-3-4-5-14-6-9-16(10-7-14)20-17-11-8-15(12-18)13(2)19-17/h6-11H,3-5,12,18H2,1-2H3. The van der Waals surface area contributed by atoms with E-state index in [0.29, 0.717) is 12.4 Å². The molecule has 2 N–H and O–H groups in total. The summed E-state index contributed by atoms with van der Waals surface area (Å²) in [5.74, 6) is 1.43. The molecule has 20 heavy (non-hydrogen) atoms. The number of ether oxygens (including phenoxy) is 1. The summed E-state index contributed by atoms with van der Waals surface area (Å²) in [6.07, 6.45) is 3.57. The summed E-state index contributed by atoms with van der Waals surface area (Å²) in [6.45, 7) is 4.66. The molecular formula is C17H22N2O. The minimum absolute atomic E-state index is 0.505. The van der Waals surface area contributed by atoms with Crippen LogP contribution in [-0.4, -0.2) is 4.98 Å². The summed E-state index contributed by atoms with van der Waals surface area (Å²) in [6, 6.07) is 12.1. The lowest BCUT2D eigenvalue weighted by atomic mass is 10.1. The number of aryl methyl sites for hydroxylation is 2. The molecule has 3 nitrogen and oxygen atoms in total. The molecule has 0 saturated carbocycles. The van der Waals surface area contributed by atoms with Gasteiger partial charge >= 0.3 is 0 Å². The average Bonchev–Trinajstić information content (AvgIpc) is 2.47. The predicted octanol–water partition coefficient (Wildman–Crippen LogP) is 3.98. The second-order valence-electron chi connectivity index (χ2n) is 4.95. The van der Waals surface area contributed by atoms with Crippen molar-refractivity contribution in [2.75, 3.05) is 0 Å². The minimum Gasteiger partial charge on any atom is -0.439 e. The summed E-state index contributed by atoms with van der Waals surface area (Å²) >= 11 is 0. The number of aromatic nitrogens is 1. The van der Waals surface area contributed by atoms with Gasteiger partial charge in [0.25, 0.3) is 0 Å². The Morgan fingerprint density at radius 3 is 2.45 bits per heavy atom. The first kappa shape index (κ1) is 14.5. The van der Waals surface area contributed by atoms with Crippen molar-refractivity contribution in [1.82, 2.24) is 4.98 Å². The van der Waals surface area contributed by atoms with Crippen molar-refractivity contribution >= 4 is 0 Å². The number of nitrogens with zero attached hydrogens (tertiary/aromatic N) is 1. The first-order valence-corrected chi connectivity index (χ1v) is 7.16. The Morgan fingerprint density at radius 1 is 1.10 bits per heavy atom. The molecule has 0 radical (unpaired) electrons. The van der Waals surface area contributed by atoms with Crippen LogP contribution < -0.4 is 10.5 Å². The number of hydrogen-bond acceptors (Lipinski definition) is 3. The van der Waals surface area contributed by atoms with Crippen LogP contribution in [0.3, 0.4) is 0 Å². The molecule has 2 aromatic rings. The fourth-order valence-corrected chi connectivity index (χ4v) is 2.07. The highest BCUT2D eigenvalue weighted by Crippen LogP contribution is 2.21. The third-order valence-electron chi connectivity index (χ3n) is 3.35. The van der Waals surface area contributed by atoms with Crippen LogP contribution in [0.4, 0.5) is 0 Å². The normalized spacial score (nSPS) is 10.6. The van der Waals surface area contributed by atoms with Gasteiger partial charge in [-0.3, -0.25) is 0 Å². The van der Waals surface area contributed by atoms with Gasteiger partial charge in [-0.15, -0.1) is 0 Å². The Bertz CT molecular complexity index is 549. The molecule has 1 aromatic carbocycles. The molecule has 0 bridgehead atoms. The van der Waals surface area contributed by atoms with Crippen LogP contribution in [-0.2, 0) is 13.0 Å². The highest BCUT2D eigenvalue weighted by Gasteiger charge is 2.03. The Balaban J connectivity index is 2.04. The number of unbranched alkanes of at least 4 members (excludes halogenated alkanes) is 1. The third-order valence-corrected chi connectivity index (χ3v) is 3.35. The van der Waals surface area contributed by atoms with Gasteiger partial charge in [-0.05, 0) is 43.0 Å². The Morgan fingerprint density at radius 2 is 1.85 bits per heavy atom. The van der Waals surface area contributed by atoms with E-state index in [9.17, 15) is 0 Å². The van der Waals surface area contributed by atoms with Crippen LogP contribution in [0.25, 0.3) is 0 Å². The van der Waals surface area contributed by atoms with Crippen molar-refractivity contribution in [3.05, 3.63) is 53.2 Å². The number of rotatable bonds is 6. The molecule has 0 aliphatic rings. The van der Waals surface area contributed by atoms with E-state index in [0.717, 1.165) is 23.4 Å². The van der Waals surface area contributed by atoms with Crippen molar-refractivity contribution in [2.45, 2.75) is 39.7 Å². The van der Waals surface area contributed by atoms with Gasteiger partial charge in [0.2, 0.25) is 5.88 Å². The van der Waals surface area contributed by atoms with Gasteiger partial charge in [0, 0.05) is 18.3 Å². The number of hydrogen-bond donors (Lipinski definition) is 1. The molecule has 2 rings (SSSR count). The highest BCUT2D eigenvalue weighted by molar-refractivity contribution is 5.32. The molecule has 0 aliphatic carbocycles. The Labute approximate surface area is 120 Å². The quantitative estimate of drug-likeness (QED) is 0.863. The summed E-state index contributed by atoms with van der Waals surface area (Å²) in [5, 5.41) is 0. The van der Waals surface area contributed by atoms with E-state index in [-0.39, 0.29) is 0 Å². The van der Waals surface area contributed by atoms with Crippen molar-refractivity contribution in [1.29, 1.82) is 0 Å². The molecule has 0 atom stereocenters. The first-order valence-electron chi connectivity index (χ1n) is 7.16. The fourth-order valence-electron chi connectivity index (χ4n) is 2.07. The van der Waals surface area contributed by atoms with E-state index in [1.165, 1.54) is 18.4 Å². The topological polar surface area (TPSA) is 48.1 Å². The summed E-state index contributed by atoms with van der Waals surface area (Å²) in [4.78, 5) is 4.41. The molecule has 0 saturated heterocycles. The zero-order valence-corrected chi connectivity index (χ0v) is 12.2. The van der Waals surface area contributed by atoms with Crippen molar-refractivity contribution in [3.63, 3.8) is 0 Å². The average molecular weight is 270 g/mol. The third kappa shape index (κ3) is 3.81. The van der Waals surface area contributed by atoms with Crippen molar-refractivity contribution in [2.24, 2.45) is 5.73 Å². The molecule has 3 heteroatoms. The number of nitrogens with two attached hydrogens (primary N) is 1. The van der Waals surface area contributed by atoms with E-state index in [2.05, 4.69) is 24.0 Å². The largest absolute Gasteiger partial charge is 0.439 e. The lowest BCUT2D eigenvalue weighted by Gasteiger charge is -2.08. The van der Waals surface area contributed by atoms with Gasteiger partial charge in [-0.1, -0.05) is 31.5 Å². The van der Waals surface area contributed by atoms with E-state index >= 15 is 0 Å². The van der Waals surface area contributed by atoms with Crippen molar-refractivity contribution in [3.8, 4) is 11.6 Å². The summed E-state index contributed by atoms with van der Waals surface area (Å²) in [5.41, 5.74) is 8.95. The van der Waals surface area contributed by atoms with Gasteiger partial charge in [0.05, 0.1) is 0 Å². The monoisotopic (exact) mass is 270 g/mol. The number of pyridine rings is 1. The predicted molar refractivity (Wildman–Crippen MR) is 82.0 cm³/mol. The number of benzene rings is 1. The van der Waals surface area contributed by atoms with E-state index in [1.807, 2.05) is 31.2 Å². The van der Waals surface area contributed by atoms with Crippen LogP contribution in [0.5, 0.6) is 11.6 Å². The van der Waals surface area contributed by atoms with Gasteiger partial charge in [0.15, 0.2) is 0 Å². The zero-order valence-electron chi connectivity index (χ0n) is 12.2. The maximum absolute atomic E-state index is 5.77. The van der Waals surface area contributed by atoms with Gasteiger partial charge < -0.3 is 10.5 Å². The maximum Gasteiger partial charge on any atom is 0.219 e. The molecule has 0 amide bonds. The van der Waals surface area contributed by atoms with E-state index in [4.69, 9.17) is 10.5 Å². The maximum atomic E-state index is 5.77. The SMILES string of the molecule is CCCCc1ccc(Oc2ccc(CN)c(C)n2)cc1. The summed E-state index contributed by atoms with van der Waals surface area (Å²) < 4.78 is 5.77. The zero-order chi connectivity index (χ0) is 14.4. The van der Waals surface area contributed by atoms with Crippen LogP contribution in [0, 0.1) is 6.92 Å². The smallest absolute Gasteiger partial charge is 0.219 e. The van der Waals surface area contributed by atoms with E-state index < -0.39 is 0 Å². The molecule has 1 aromatic heterocycles. The highest BCUT2D eigenvalue weighted by atomic mass is 16.5. The molecule has 0 spiro atoms. The van der Waals surface area contributed by atoms with E-state index in [1.54, 1.807) is 0 Å². The molecule has 106 valence electrons. The second kappa shape index (κ2) is 7.06. The van der Waals surface area contributed by atoms with Gasteiger partial charge in [-0.25, -0.2) is 4.98 Å². The van der Waals surface area contributed by atoms with Crippen LogP contribution in [0.15, 0.2) is 36.4 Å². The van der Waals surface area contributed by atoms with Gasteiger partial charge in [0.1, 0.15) is 5.75 Å². The van der Waals surface area contributed by atoms with Crippen LogP contribution in [0.2, 0.25) is 0 Å². The molecule has 0 unspecified atom stereocenters. The van der Waals surface area contributed by atoms with Gasteiger partial charge in [-0.2, -0.15) is 0 Å². The van der Waals surface area contributed by atoms with Crippen LogP contribution >= 0.6 is 0 Å².